The van der Waals surface area contributed by atoms with Gasteiger partial charge in [0.15, 0.2) is 0 Å². The van der Waals surface area contributed by atoms with Gasteiger partial charge < -0.3 is 4.74 Å². The number of hydrogen-bond acceptors (Lipinski definition) is 3. The smallest absolute Gasteiger partial charge is 0.410 e. The van der Waals surface area contributed by atoms with Crippen LogP contribution in [0, 0.1) is 0 Å². The fraction of sp³-hybridized carbons (Fsp3) is 0.300. The van der Waals surface area contributed by atoms with E-state index in [1.54, 1.807) is 0 Å². The van der Waals surface area contributed by atoms with Crippen molar-refractivity contribution in [3.63, 3.8) is 0 Å². The maximum absolute atomic E-state index is 12.5. The van der Waals surface area contributed by atoms with Crippen LogP contribution in [0.4, 0.5) is 4.79 Å². The third-order valence-corrected chi connectivity index (χ3v) is 4.81. The molecule has 2 unspecified atom stereocenters. The third kappa shape index (κ3) is 2.92. The first-order valence-corrected chi connectivity index (χ1v) is 8.42. The number of rotatable bonds is 3. The lowest BCUT2D eigenvalue weighted by molar-refractivity contribution is 0.0832. The Balaban J connectivity index is 1.46. The van der Waals surface area contributed by atoms with Crippen LogP contribution >= 0.6 is 0 Å². The molecule has 0 radical (unpaired) electrons. The highest BCUT2D eigenvalue weighted by atomic mass is 16.6. The number of nitrogens with zero attached hydrogens (tertiary/aromatic N) is 2. The van der Waals surface area contributed by atoms with Crippen molar-refractivity contribution in [2.75, 3.05) is 0 Å². The van der Waals surface area contributed by atoms with Gasteiger partial charge in [-0.25, -0.2) is 4.79 Å². The van der Waals surface area contributed by atoms with Crippen molar-refractivity contribution < 1.29 is 9.53 Å². The first-order valence-electron chi connectivity index (χ1n) is 8.42. The summed E-state index contributed by atoms with van der Waals surface area (Å²) in [5.41, 5.74) is 3.28. The van der Waals surface area contributed by atoms with Gasteiger partial charge in [0.25, 0.3) is 0 Å². The second-order valence-electron chi connectivity index (χ2n) is 6.36. The summed E-state index contributed by atoms with van der Waals surface area (Å²) in [4.78, 5) is 18.9. The predicted octanol–water partition coefficient (Wildman–Crippen LogP) is 4.04. The first-order chi connectivity index (χ1) is 11.8. The van der Waals surface area contributed by atoms with Gasteiger partial charge in [0.1, 0.15) is 6.61 Å². The predicted molar refractivity (Wildman–Crippen MR) is 92.1 cm³/mol. The zero-order chi connectivity index (χ0) is 16.4. The molecule has 0 saturated carbocycles. The number of carbonyl (C=O) groups is 1. The number of aromatic nitrogens is 1. The molecule has 0 spiro atoms. The van der Waals surface area contributed by atoms with E-state index in [1.165, 1.54) is 5.57 Å². The van der Waals surface area contributed by atoms with Crippen LogP contribution in [-0.2, 0) is 11.3 Å². The molecule has 3 heterocycles. The van der Waals surface area contributed by atoms with Gasteiger partial charge >= 0.3 is 6.09 Å². The van der Waals surface area contributed by atoms with Crippen LogP contribution in [0.5, 0.6) is 0 Å². The van der Waals surface area contributed by atoms with Crippen molar-refractivity contribution in [2.45, 2.75) is 38.0 Å². The molecule has 4 rings (SSSR count). The second-order valence-corrected chi connectivity index (χ2v) is 6.36. The highest BCUT2D eigenvalue weighted by Crippen LogP contribution is 2.38. The molecule has 0 N–H and O–H groups in total. The lowest BCUT2D eigenvalue weighted by Crippen LogP contribution is -2.43. The van der Waals surface area contributed by atoms with E-state index in [0.29, 0.717) is 6.61 Å². The number of hydrogen-bond donors (Lipinski definition) is 0. The molecule has 2 aliphatic rings. The molecular weight excluding hydrogens is 300 g/mol. The average molecular weight is 320 g/mol. The summed E-state index contributed by atoms with van der Waals surface area (Å²) in [5, 5.41) is 0. The lowest BCUT2D eigenvalue weighted by Gasteiger charge is -2.33. The molecule has 2 aromatic rings. The van der Waals surface area contributed by atoms with E-state index in [2.05, 4.69) is 11.1 Å². The minimum atomic E-state index is -0.206. The van der Waals surface area contributed by atoms with E-state index in [1.807, 2.05) is 59.6 Å². The zero-order valence-corrected chi connectivity index (χ0v) is 13.5. The maximum Gasteiger partial charge on any atom is 0.410 e. The third-order valence-electron chi connectivity index (χ3n) is 4.81. The van der Waals surface area contributed by atoms with Gasteiger partial charge in [-0.3, -0.25) is 9.88 Å². The zero-order valence-electron chi connectivity index (χ0n) is 13.5. The molecule has 4 nitrogen and oxygen atoms in total. The van der Waals surface area contributed by atoms with Crippen LogP contribution in [0.1, 0.15) is 30.5 Å². The largest absolute Gasteiger partial charge is 0.445 e. The van der Waals surface area contributed by atoms with Crippen molar-refractivity contribution in [2.24, 2.45) is 0 Å². The van der Waals surface area contributed by atoms with E-state index in [0.717, 1.165) is 30.5 Å². The minimum Gasteiger partial charge on any atom is -0.445 e. The summed E-state index contributed by atoms with van der Waals surface area (Å²) in [5.74, 6) is 0. The number of benzene rings is 1. The molecule has 1 aromatic carbocycles. The van der Waals surface area contributed by atoms with Gasteiger partial charge in [0, 0.05) is 12.2 Å². The van der Waals surface area contributed by atoms with E-state index in [9.17, 15) is 4.79 Å². The molecule has 2 bridgehead atoms. The van der Waals surface area contributed by atoms with E-state index < -0.39 is 0 Å². The molecule has 2 atom stereocenters. The van der Waals surface area contributed by atoms with Gasteiger partial charge in [-0.05, 0) is 42.5 Å². The first kappa shape index (κ1) is 14.9. The van der Waals surface area contributed by atoms with Crippen molar-refractivity contribution in [3.05, 3.63) is 72.1 Å². The molecule has 1 saturated heterocycles. The van der Waals surface area contributed by atoms with Gasteiger partial charge in [0.2, 0.25) is 0 Å². The number of carbonyl (C=O) groups excluding carboxylic acids is 1. The lowest BCUT2D eigenvalue weighted by atomic mass is 9.98. The monoisotopic (exact) mass is 320 g/mol. The van der Waals surface area contributed by atoms with E-state index >= 15 is 0 Å². The molecule has 2 aliphatic heterocycles. The van der Waals surface area contributed by atoms with E-state index in [-0.39, 0.29) is 18.2 Å². The van der Waals surface area contributed by atoms with Crippen molar-refractivity contribution in [1.82, 2.24) is 9.88 Å². The van der Waals surface area contributed by atoms with Gasteiger partial charge in [-0.1, -0.05) is 42.5 Å². The molecule has 1 fully saturated rings. The minimum absolute atomic E-state index is 0.129. The molecule has 1 aromatic heterocycles. The average Bonchev–Trinajstić information content (AvgIpc) is 2.91. The Kier molecular flexibility index (Phi) is 4.03. The maximum atomic E-state index is 12.5. The Bertz CT molecular complexity index is 743. The fourth-order valence-electron chi connectivity index (χ4n) is 3.65. The highest BCUT2D eigenvalue weighted by Gasteiger charge is 2.40. The van der Waals surface area contributed by atoms with Crippen molar-refractivity contribution in [3.8, 4) is 0 Å². The quantitative estimate of drug-likeness (QED) is 0.857. The Labute approximate surface area is 141 Å². The Hall–Kier alpha value is -2.62. The van der Waals surface area contributed by atoms with Crippen molar-refractivity contribution >= 4 is 11.7 Å². The van der Waals surface area contributed by atoms with E-state index in [4.69, 9.17) is 4.74 Å². The van der Waals surface area contributed by atoms with Crippen molar-refractivity contribution in [1.29, 1.82) is 0 Å². The summed E-state index contributed by atoms with van der Waals surface area (Å²) >= 11 is 0. The van der Waals surface area contributed by atoms with Gasteiger partial charge in [0.05, 0.1) is 11.7 Å². The number of pyridine rings is 1. The standard InChI is InChI=1S/C20H20N2O2/c23-20(24-14-15-6-2-1-3-7-15)22-17-9-10-18(22)13-16(12-17)19-8-4-5-11-21-19/h1-8,11-12,17-18H,9-10,13-14H2. The summed E-state index contributed by atoms with van der Waals surface area (Å²) in [6.45, 7) is 0.326. The Morgan fingerprint density at radius 1 is 1.12 bits per heavy atom. The Morgan fingerprint density at radius 3 is 2.71 bits per heavy atom. The Morgan fingerprint density at radius 2 is 1.96 bits per heavy atom. The molecule has 0 aliphatic carbocycles. The molecule has 122 valence electrons. The van der Waals surface area contributed by atoms with Crippen LogP contribution in [0.15, 0.2) is 60.8 Å². The van der Waals surface area contributed by atoms with Gasteiger partial charge in [-0.15, -0.1) is 0 Å². The number of amides is 1. The van der Waals surface area contributed by atoms with Gasteiger partial charge in [-0.2, -0.15) is 0 Å². The molecular formula is C20H20N2O2. The summed E-state index contributed by atoms with van der Waals surface area (Å²) in [7, 11) is 0. The normalized spacial score (nSPS) is 22.2. The van der Waals surface area contributed by atoms with Crippen LogP contribution in [0.25, 0.3) is 5.57 Å². The van der Waals surface area contributed by atoms with Crippen LogP contribution in [0.2, 0.25) is 0 Å². The SMILES string of the molecule is O=C(OCc1ccccc1)N1C2C=C(c3ccccn3)CC1CC2. The number of ether oxygens (including phenoxy) is 1. The molecule has 24 heavy (non-hydrogen) atoms. The highest BCUT2D eigenvalue weighted by molar-refractivity contribution is 5.74. The summed E-state index contributed by atoms with van der Waals surface area (Å²) in [6.07, 6.45) is 6.68. The van der Waals surface area contributed by atoms with Crippen LogP contribution < -0.4 is 0 Å². The topological polar surface area (TPSA) is 42.4 Å². The molecule has 4 heteroatoms. The van der Waals surface area contributed by atoms with Crippen LogP contribution in [0.3, 0.4) is 0 Å². The molecule has 1 amide bonds. The fourth-order valence-corrected chi connectivity index (χ4v) is 3.65. The van der Waals surface area contributed by atoms with Crippen LogP contribution in [-0.4, -0.2) is 28.1 Å². The summed E-state index contributed by atoms with van der Waals surface area (Å²) in [6, 6.07) is 16.1. The number of fused-ring (bicyclic) bond motifs is 2. The second kappa shape index (κ2) is 6.48. The summed E-state index contributed by atoms with van der Waals surface area (Å²) < 4.78 is 5.53.